The predicted octanol–water partition coefficient (Wildman–Crippen LogP) is 4.44. The second-order valence-electron chi connectivity index (χ2n) is 7.36. The number of fused-ring (bicyclic) bond motifs is 3. The topological polar surface area (TPSA) is 95.0 Å². The highest BCUT2D eigenvalue weighted by molar-refractivity contribution is 7.18. The first-order valence-corrected chi connectivity index (χ1v) is 10.6. The second kappa shape index (κ2) is 7.76. The van der Waals surface area contributed by atoms with Gasteiger partial charge in [-0.2, -0.15) is 5.26 Å². The van der Waals surface area contributed by atoms with Crippen LogP contribution in [0.3, 0.4) is 0 Å². The summed E-state index contributed by atoms with van der Waals surface area (Å²) in [7, 11) is 0. The molecule has 1 aliphatic carbocycles. The van der Waals surface area contributed by atoms with Gasteiger partial charge in [-0.05, 0) is 50.0 Å². The minimum Gasteiger partial charge on any atom is -0.465 e. The van der Waals surface area contributed by atoms with Crippen LogP contribution < -0.4 is 0 Å². The van der Waals surface area contributed by atoms with Crippen molar-refractivity contribution < 1.29 is 9.90 Å². The van der Waals surface area contributed by atoms with E-state index in [9.17, 15) is 15.2 Å². The lowest BCUT2D eigenvalue weighted by molar-refractivity contribution is 0.130. The van der Waals surface area contributed by atoms with Gasteiger partial charge in [0, 0.05) is 19.1 Å². The Hall–Kier alpha value is -2.66. The molecule has 1 amide bonds. The highest BCUT2D eigenvalue weighted by Gasteiger charge is 2.28. The molecule has 1 saturated carbocycles. The van der Waals surface area contributed by atoms with Crippen LogP contribution in [0.2, 0.25) is 0 Å². The van der Waals surface area contributed by atoms with Crippen LogP contribution in [0.1, 0.15) is 44.5 Å². The standard InChI is InChI=1S/C20H23N5O2S/c1-2-24(20(26)27)12-13-3-5-14(6-4-13)25-17(7-9-21)23-16-11-22-15-8-10-28-19(15)18(16)25/h8,10-11,13-14H,2-7,12H2,1H3,(H,26,27)/t13-,14-. The largest absolute Gasteiger partial charge is 0.465 e. The summed E-state index contributed by atoms with van der Waals surface area (Å²) < 4.78 is 3.39. The Morgan fingerprint density at radius 1 is 1.39 bits per heavy atom. The van der Waals surface area contributed by atoms with E-state index in [-0.39, 0.29) is 12.5 Å². The van der Waals surface area contributed by atoms with E-state index in [2.05, 4.69) is 15.6 Å². The normalized spacial score (nSPS) is 19.7. The van der Waals surface area contributed by atoms with Gasteiger partial charge in [0.25, 0.3) is 0 Å². The van der Waals surface area contributed by atoms with Crippen LogP contribution in [-0.2, 0) is 6.42 Å². The molecule has 0 unspecified atom stereocenters. The lowest BCUT2D eigenvalue weighted by Gasteiger charge is -2.32. The molecule has 8 heteroatoms. The molecule has 0 radical (unpaired) electrons. The number of nitriles is 1. The third kappa shape index (κ3) is 3.31. The number of hydrogen-bond donors (Lipinski definition) is 1. The highest BCUT2D eigenvalue weighted by Crippen LogP contribution is 2.38. The number of pyridine rings is 1. The maximum Gasteiger partial charge on any atom is 0.407 e. The number of imidazole rings is 1. The number of aromatic nitrogens is 3. The smallest absolute Gasteiger partial charge is 0.407 e. The van der Waals surface area contributed by atoms with Gasteiger partial charge < -0.3 is 14.6 Å². The van der Waals surface area contributed by atoms with Crippen LogP contribution in [-0.4, -0.2) is 43.7 Å². The molecule has 1 fully saturated rings. The average molecular weight is 398 g/mol. The molecule has 1 N–H and O–H groups in total. The molecule has 1 aliphatic rings. The maximum absolute atomic E-state index is 11.3. The molecule has 146 valence electrons. The van der Waals surface area contributed by atoms with E-state index < -0.39 is 6.09 Å². The van der Waals surface area contributed by atoms with Gasteiger partial charge >= 0.3 is 6.09 Å². The molecule has 0 aliphatic heterocycles. The average Bonchev–Trinajstić information content (AvgIpc) is 3.30. The van der Waals surface area contributed by atoms with Crippen LogP contribution in [0, 0.1) is 17.2 Å². The van der Waals surface area contributed by atoms with Crippen molar-refractivity contribution in [2.24, 2.45) is 5.92 Å². The fraction of sp³-hybridized carbons (Fsp3) is 0.500. The fourth-order valence-corrected chi connectivity index (χ4v) is 5.24. The Morgan fingerprint density at radius 2 is 2.18 bits per heavy atom. The van der Waals surface area contributed by atoms with Gasteiger partial charge in [-0.25, -0.2) is 9.78 Å². The molecule has 7 nitrogen and oxygen atoms in total. The van der Waals surface area contributed by atoms with Gasteiger partial charge in [0.2, 0.25) is 0 Å². The van der Waals surface area contributed by atoms with Crippen molar-refractivity contribution in [2.45, 2.75) is 45.1 Å². The lowest BCUT2D eigenvalue weighted by atomic mass is 9.85. The van der Waals surface area contributed by atoms with Crippen molar-refractivity contribution >= 4 is 38.7 Å². The first-order chi connectivity index (χ1) is 13.6. The van der Waals surface area contributed by atoms with Gasteiger partial charge in [0.05, 0.1) is 34.4 Å². The minimum absolute atomic E-state index is 0.282. The molecule has 3 aromatic rings. The second-order valence-corrected chi connectivity index (χ2v) is 8.27. The Kier molecular flexibility index (Phi) is 5.18. The molecule has 0 bridgehead atoms. The molecule has 4 rings (SSSR count). The number of rotatable bonds is 5. The van der Waals surface area contributed by atoms with E-state index >= 15 is 0 Å². The van der Waals surface area contributed by atoms with Gasteiger partial charge in [0.1, 0.15) is 11.3 Å². The zero-order chi connectivity index (χ0) is 19.7. The third-order valence-corrected chi connectivity index (χ3v) is 6.66. The summed E-state index contributed by atoms with van der Waals surface area (Å²) in [5.41, 5.74) is 2.91. The Balaban J connectivity index is 1.63. The van der Waals surface area contributed by atoms with E-state index in [0.29, 0.717) is 19.0 Å². The minimum atomic E-state index is -0.839. The Labute approximate surface area is 167 Å². The summed E-state index contributed by atoms with van der Waals surface area (Å²) in [5.74, 6) is 1.20. The molecular formula is C20H23N5O2S. The Morgan fingerprint density at radius 3 is 2.86 bits per heavy atom. The summed E-state index contributed by atoms with van der Waals surface area (Å²) in [5, 5.41) is 20.6. The molecular weight excluding hydrogens is 374 g/mol. The molecule has 28 heavy (non-hydrogen) atoms. The molecule has 3 heterocycles. The monoisotopic (exact) mass is 397 g/mol. The van der Waals surface area contributed by atoms with Crippen molar-refractivity contribution in [3.63, 3.8) is 0 Å². The van der Waals surface area contributed by atoms with Crippen molar-refractivity contribution in [2.75, 3.05) is 13.1 Å². The summed E-state index contributed by atoms with van der Waals surface area (Å²) in [6, 6.07) is 4.55. The highest BCUT2D eigenvalue weighted by atomic mass is 32.1. The molecule has 0 spiro atoms. The van der Waals surface area contributed by atoms with Gasteiger partial charge in [-0.15, -0.1) is 11.3 Å². The molecule has 0 aromatic carbocycles. The third-order valence-electron chi connectivity index (χ3n) is 5.75. The molecule has 0 atom stereocenters. The van der Waals surface area contributed by atoms with Crippen molar-refractivity contribution in [1.29, 1.82) is 5.26 Å². The maximum atomic E-state index is 11.3. The molecule has 3 aromatic heterocycles. The summed E-state index contributed by atoms with van der Waals surface area (Å²) in [6.07, 6.45) is 5.16. The van der Waals surface area contributed by atoms with E-state index in [1.807, 2.05) is 18.4 Å². The van der Waals surface area contributed by atoms with Crippen molar-refractivity contribution in [3.8, 4) is 6.07 Å². The van der Waals surface area contributed by atoms with Crippen molar-refractivity contribution in [3.05, 3.63) is 23.5 Å². The summed E-state index contributed by atoms with van der Waals surface area (Å²) in [4.78, 5) is 22.0. The summed E-state index contributed by atoms with van der Waals surface area (Å²) in [6.45, 7) is 3.01. The van der Waals surface area contributed by atoms with Crippen LogP contribution in [0.25, 0.3) is 21.3 Å². The number of carbonyl (C=O) groups is 1. The first-order valence-electron chi connectivity index (χ1n) is 9.70. The predicted molar refractivity (Wildman–Crippen MR) is 108 cm³/mol. The summed E-state index contributed by atoms with van der Waals surface area (Å²) >= 11 is 1.66. The van der Waals surface area contributed by atoms with Crippen LogP contribution in [0.15, 0.2) is 17.6 Å². The van der Waals surface area contributed by atoms with E-state index in [4.69, 9.17) is 4.98 Å². The SMILES string of the molecule is CCN(C[C@H]1CC[C@H](n2c(CC#N)nc3cnc4ccsc4c32)CC1)C(=O)O. The van der Waals surface area contributed by atoms with E-state index in [0.717, 1.165) is 52.8 Å². The van der Waals surface area contributed by atoms with Gasteiger partial charge in [-0.1, -0.05) is 0 Å². The number of hydrogen-bond acceptors (Lipinski definition) is 5. The van der Waals surface area contributed by atoms with Crippen LogP contribution >= 0.6 is 11.3 Å². The van der Waals surface area contributed by atoms with E-state index in [1.54, 1.807) is 17.5 Å². The number of nitrogens with zero attached hydrogens (tertiary/aromatic N) is 5. The zero-order valence-corrected chi connectivity index (χ0v) is 16.7. The number of amides is 1. The zero-order valence-electron chi connectivity index (χ0n) is 15.8. The first kappa shape index (κ1) is 18.7. The lowest BCUT2D eigenvalue weighted by Crippen LogP contribution is -2.35. The quantitative estimate of drug-likeness (QED) is 0.686. The number of carboxylic acid groups (broad SMARTS) is 1. The molecule has 0 saturated heterocycles. The van der Waals surface area contributed by atoms with Crippen LogP contribution in [0.5, 0.6) is 0 Å². The van der Waals surface area contributed by atoms with Gasteiger partial charge in [-0.3, -0.25) is 4.98 Å². The number of thiophene rings is 1. The van der Waals surface area contributed by atoms with Crippen molar-refractivity contribution in [1.82, 2.24) is 19.4 Å². The van der Waals surface area contributed by atoms with Gasteiger partial charge in [0.15, 0.2) is 0 Å². The fourth-order valence-electron chi connectivity index (χ4n) is 4.35. The Bertz CT molecular complexity index is 1040. The van der Waals surface area contributed by atoms with E-state index in [1.165, 1.54) is 4.90 Å². The van der Waals surface area contributed by atoms with Crippen LogP contribution in [0.4, 0.5) is 4.79 Å².